The molecule has 2 amide bonds. The molecule has 9 nitrogen and oxygen atoms in total. The van der Waals surface area contributed by atoms with Crippen LogP contribution in [0.3, 0.4) is 0 Å². The number of carbonyl (C=O) groups excluding carboxylic acids is 2. The number of amides is 2. The Morgan fingerprint density at radius 1 is 1.18 bits per heavy atom. The van der Waals surface area contributed by atoms with E-state index in [1.165, 1.54) is 8.99 Å². The fourth-order valence-electron chi connectivity index (χ4n) is 4.20. The summed E-state index contributed by atoms with van der Waals surface area (Å²) < 4.78 is 29.5. The van der Waals surface area contributed by atoms with Gasteiger partial charge in [0.2, 0.25) is 21.8 Å². The molecule has 1 fully saturated rings. The first-order chi connectivity index (χ1) is 15.7. The molecule has 1 aromatic heterocycles. The zero-order chi connectivity index (χ0) is 24.2. The largest absolute Gasteiger partial charge is 0.324 e. The van der Waals surface area contributed by atoms with Crippen LogP contribution in [0.15, 0.2) is 29.2 Å². The van der Waals surface area contributed by atoms with Crippen molar-refractivity contribution in [3.63, 3.8) is 0 Å². The summed E-state index contributed by atoms with van der Waals surface area (Å²) >= 11 is 0. The minimum atomic E-state index is -3.70. The van der Waals surface area contributed by atoms with Gasteiger partial charge in [-0.25, -0.2) is 8.42 Å². The predicted octanol–water partition coefficient (Wildman–Crippen LogP) is 3.08. The van der Waals surface area contributed by atoms with Gasteiger partial charge in [0.1, 0.15) is 11.4 Å². The predicted molar refractivity (Wildman–Crippen MR) is 128 cm³/mol. The van der Waals surface area contributed by atoms with Gasteiger partial charge in [0.25, 0.3) is 0 Å². The Labute approximate surface area is 195 Å². The van der Waals surface area contributed by atoms with Gasteiger partial charge in [-0.15, -0.1) is 0 Å². The van der Waals surface area contributed by atoms with E-state index in [2.05, 4.69) is 10.4 Å². The molecular formula is C23H33N5O4S. The Morgan fingerprint density at radius 3 is 2.48 bits per heavy atom. The lowest BCUT2D eigenvalue weighted by molar-refractivity contribution is -0.117. The van der Waals surface area contributed by atoms with Gasteiger partial charge in [-0.05, 0) is 51.3 Å². The lowest BCUT2D eigenvalue weighted by atomic mass is 10.2. The zero-order valence-corrected chi connectivity index (χ0v) is 20.6. The third kappa shape index (κ3) is 5.44. The van der Waals surface area contributed by atoms with Crippen LogP contribution in [-0.4, -0.2) is 54.0 Å². The van der Waals surface area contributed by atoms with Gasteiger partial charge in [-0.1, -0.05) is 19.9 Å². The van der Waals surface area contributed by atoms with Gasteiger partial charge in [0, 0.05) is 37.4 Å². The molecule has 10 heteroatoms. The highest BCUT2D eigenvalue weighted by Crippen LogP contribution is 2.26. The van der Waals surface area contributed by atoms with Crippen molar-refractivity contribution in [2.45, 2.75) is 64.8 Å². The first-order valence-electron chi connectivity index (χ1n) is 11.4. The Balaban J connectivity index is 1.77. The van der Waals surface area contributed by atoms with E-state index in [4.69, 9.17) is 0 Å². The van der Waals surface area contributed by atoms with Crippen molar-refractivity contribution < 1.29 is 18.0 Å². The number of aromatic nitrogens is 2. The summed E-state index contributed by atoms with van der Waals surface area (Å²) in [7, 11) is -3.70. The third-order valence-corrected chi connectivity index (χ3v) is 7.82. The van der Waals surface area contributed by atoms with Crippen molar-refractivity contribution in [1.29, 1.82) is 0 Å². The normalized spacial score (nSPS) is 14.3. The van der Waals surface area contributed by atoms with Crippen LogP contribution >= 0.6 is 0 Å². The maximum Gasteiger partial charge on any atom is 0.246 e. The van der Waals surface area contributed by atoms with Gasteiger partial charge < -0.3 is 10.2 Å². The average molecular weight is 476 g/mol. The average Bonchev–Trinajstić information content (AvgIpc) is 3.30. The van der Waals surface area contributed by atoms with E-state index in [1.807, 2.05) is 19.9 Å². The van der Waals surface area contributed by atoms with Crippen molar-refractivity contribution in [3.05, 3.63) is 35.7 Å². The highest BCUT2D eigenvalue weighted by molar-refractivity contribution is 7.89. The lowest BCUT2D eigenvalue weighted by Gasteiger charge is -2.21. The second-order valence-electron chi connectivity index (χ2n) is 8.31. The van der Waals surface area contributed by atoms with E-state index in [0.717, 1.165) is 24.9 Å². The van der Waals surface area contributed by atoms with E-state index in [9.17, 15) is 18.0 Å². The van der Waals surface area contributed by atoms with Crippen molar-refractivity contribution in [2.75, 3.05) is 29.9 Å². The monoisotopic (exact) mass is 475 g/mol. The Bertz CT molecular complexity index is 1120. The number of hydrogen-bond donors (Lipinski definition) is 1. The van der Waals surface area contributed by atoms with Gasteiger partial charge in [-0.3, -0.25) is 14.3 Å². The first-order valence-corrected chi connectivity index (χ1v) is 12.9. The van der Waals surface area contributed by atoms with Crippen LogP contribution in [0.2, 0.25) is 0 Å². The van der Waals surface area contributed by atoms with Gasteiger partial charge in [0.15, 0.2) is 0 Å². The molecule has 1 saturated heterocycles. The van der Waals surface area contributed by atoms with Crippen LogP contribution in [-0.2, 0) is 26.2 Å². The third-order valence-electron chi connectivity index (χ3n) is 5.67. The summed E-state index contributed by atoms with van der Waals surface area (Å²) in [5.74, 6) is -0.247. The highest BCUT2D eigenvalue weighted by Gasteiger charge is 2.30. The summed E-state index contributed by atoms with van der Waals surface area (Å²) in [6.07, 6.45) is 2.80. The molecule has 33 heavy (non-hydrogen) atoms. The molecule has 3 rings (SSSR count). The first kappa shape index (κ1) is 24.9. The van der Waals surface area contributed by atoms with Crippen LogP contribution in [0.25, 0.3) is 0 Å². The second kappa shape index (κ2) is 10.5. The maximum atomic E-state index is 13.3. The van der Waals surface area contributed by atoms with Crippen LogP contribution in [0.4, 0.5) is 11.4 Å². The summed E-state index contributed by atoms with van der Waals surface area (Å²) in [6.45, 7) is 8.66. The molecule has 1 aliphatic rings. The van der Waals surface area contributed by atoms with Crippen molar-refractivity contribution in [2.24, 2.45) is 0 Å². The number of rotatable bonds is 10. The minimum Gasteiger partial charge on any atom is -0.324 e. The van der Waals surface area contributed by atoms with E-state index >= 15 is 0 Å². The van der Waals surface area contributed by atoms with Gasteiger partial charge >= 0.3 is 0 Å². The quantitative estimate of drug-likeness (QED) is 0.569. The van der Waals surface area contributed by atoms with Crippen molar-refractivity contribution >= 4 is 33.2 Å². The van der Waals surface area contributed by atoms with E-state index in [1.54, 1.807) is 36.9 Å². The number of nitrogens with zero attached hydrogens (tertiary/aromatic N) is 4. The van der Waals surface area contributed by atoms with Crippen molar-refractivity contribution in [3.8, 4) is 0 Å². The number of carbonyl (C=O) groups is 2. The smallest absolute Gasteiger partial charge is 0.246 e. The number of anilines is 2. The molecule has 1 aliphatic heterocycles. The molecule has 180 valence electrons. The molecule has 1 N–H and O–H groups in total. The minimum absolute atomic E-state index is 0.0787. The summed E-state index contributed by atoms with van der Waals surface area (Å²) in [6, 6.07) is 7.16. The lowest BCUT2D eigenvalue weighted by Crippen LogP contribution is -2.33. The van der Waals surface area contributed by atoms with E-state index < -0.39 is 10.0 Å². The van der Waals surface area contributed by atoms with Crippen LogP contribution in [0.5, 0.6) is 0 Å². The SMILES string of the molecule is CCCN(CCC)S(=O)(=O)c1c(C)nn(CC(=O)Nc2cccc(N3CCCC3=O)c2)c1C. The Kier molecular flexibility index (Phi) is 7.91. The molecule has 0 unspecified atom stereocenters. The van der Waals surface area contributed by atoms with E-state index in [0.29, 0.717) is 43.1 Å². The molecule has 2 aromatic rings. The van der Waals surface area contributed by atoms with Gasteiger partial charge in [-0.2, -0.15) is 9.40 Å². The molecule has 0 spiro atoms. The van der Waals surface area contributed by atoms with Crippen LogP contribution in [0.1, 0.15) is 50.9 Å². The molecule has 0 aliphatic carbocycles. The fourth-order valence-corrected chi connectivity index (χ4v) is 6.19. The standard InChI is InChI=1S/C23H33N5O4S/c1-5-12-26(13-6-2)33(31,32)23-17(3)25-28(18(23)4)16-21(29)24-19-9-7-10-20(15-19)27-14-8-11-22(27)30/h7,9-10,15H,5-6,8,11-14,16H2,1-4H3,(H,24,29). The summed E-state index contributed by atoms with van der Waals surface area (Å²) in [5, 5.41) is 7.18. The van der Waals surface area contributed by atoms with Gasteiger partial charge in [0.05, 0.1) is 11.4 Å². The molecule has 2 heterocycles. The number of aryl methyl sites for hydroxylation is 1. The zero-order valence-electron chi connectivity index (χ0n) is 19.8. The second-order valence-corrected chi connectivity index (χ2v) is 10.2. The highest BCUT2D eigenvalue weighted by atomic mass is 32.2. The summed E-state index contributed by atoms with van der Waals surface area (Å²) in [4.78, 5) is 26.6. The fraction of sp³-hybridized carbons (Fsp3) is 0.522. The number of hydrogen-bond acceptors (Lipinski definition) is 5. The van der Waals surface area contributed by atoms with Crippen LogP contribution in [0, 0.1) is 13.8 Å². The number of sulfonamides is 1. The maximum absolute atomic E-state index is 13.3. The number of benzene rings is 1. The summed E-state index contributed by atoms with van der Waals surface area (Å²) in [5.41, 5.74) is 2.15. The molecule has 0 bridgehead atoms. The topological polar surface area (TPSA) is 105 Å². The molecular weight excluding hydrogens is 442 g/mol. The molecule has 0 radical (unpaired) electrons. The Morgan fingerprint density at radius 2 is 1.88 bits per heavy atom. The Hall–Kier alpha value is -2.72. The molecule has 0 saturated carbocycles. The molecule has 0 atom stereocenters. The molecule has 1 aromatic carbocycles. The van der Waals surface area contributed by atoms with E-state index in [-0.39, 0.29) is 23.3 Å². The van der Waals surface area contributed by atoms with Crippen LogP contribution < -0.4 is 10.2 Å². The number of nitrogens with one attached hydrogen (secondary N) is 1. The van der Waals surface area contributed by atoms with Crippen molar-refractivity contribution in [1.82, 2.24) is 14.1 Å².